The Kier molecular flexibility index (Phi) is 4.80. The number of hydrogen-bond donors (Lipinski definition) is 0. The molecule has 2 nitrogen and oxygen atoms in total. The SMILES string of the molecule is CCCOc1ccc2ccccc2c1C(=O)CCCl. The molecular formula is C16H17ClO2. The van der Waals surface area contributed by atoms with Gasteiger partial charge in [-0.25, -0.2) is 0 Å². The molecule has 0 radical (unpaired) electrons. The lowest BCUT2D eigenvalue weighted by Crippen LogP contribution is -2.06. The fourth-order valence-corrected chi connectivity index (χ4v) is 2.25. The fourth-order valence-electron chi connectivity index (χ4n) is 2.08. The highest BCUT2D eigenvalue weighted by molar-refractivity contribution is 6.20. The molecular weight excluding hydrogens is 260 g/mol. The van der Waals surface area contributed by atoms with E-state index in [9.17, 15) is 4.79 Å². The second-order valence-corrected chi connectivity index (χ2v) is 4.75. The zero-order valence-corrected chi connectivity index (χ0v) is 11.7. The molecule has 0 aliphatic heterocycles. The van der Waals surface area contributed by atoms with Crippen molar-refractivity contribution in [1.82, 2.24) is 0 Å². The number of carbonyl (C=O) groups excluding carboxylic acids is 1. The van der Waals surface area contributed by atoms with Gasteiger partial charge in [-0.05, 0) is 23.3 Å². The highest BCUT2D eigenvalue weighted by Gasteiger charge is 2.15. The van der Waals surface area contributed by atoms with Crippen molar-refractivity contribution in [2.75, 3.05) is 12.5 Å². The highest BCUT2D eigenvalue weighted by atomic mass is 35.5. The molecule has 2 aromatic carbocycles. The van der Waals surface area contributed by atoms with Crippen LogP contribution in [0.25, 0.3) is 10.8 Å². The van der Waals surface area contributed by atoms with Crippen molar-refractivity contribution in [1.29, 1.82) is 0 Å². The third-order valence-electron chi connectivity index (χ3n) is 2.95. The normalized spacial score (nSPS) is 10.6. The standard InChI is InChI=1S/C16H17ClO2/c1-2-11-19-15-8-7-12-5-3-4-6-13(12)16(15)14(18)9-10-17/h3-8H,2,9-11H2,1H3. The van der Waals surface area contributed by atoms with Gasteiger partial charge in [-0.15, -0.1) is 11.6 Å². The Bertz CT molecular complexity index is 578. The van der Waals surface area contributed by atoms with Crippen LogP contribution in [0.4, 0.5) is 0 Å². The molecule has 2 aromatic rings. The Morgan fingerprint density at radius 1 is 1.21 bits per heavy atom. The zero-order chi connectivity index (χ0) is 13.7. The van der Waals surface area contributed by atoms with Gasteiger partial charge in [0.25, 0.3) is 0 Å². The van der Waals surface area contributed by atoms with E-state index in [0.717, 1.165) is 17.2 Å². The third kappa shape index (κ3) is 3.07. The first kappa shape index (κ1) is 13.9. The van der Waals surface area contributed by atoms with Crippen LogP contribution in [0.3, 0.4) is 0 Å². The molecule has 19 heavy (non-hydrogen) atoms. The average molecular weight is 277 g/mol. The summed E-state index contributed by atoms with van der Waals surface area (Å²) < 4.78 is 5.70. The minimum atomic E-state index is 0.0397. The number of ether oxygens (including phenoxy) is 1. The first-order valence-corrected chi connectivity index (χ1v) is 7.05. The molecule has 0 aliphatic carbocycles. The Hall–Kier alpha value is -1.54. The maximum Gasteiger partial charge on any atom is 0.168 e. The van der Waals surface area contributed by atoms with Gasteiger partial charge < -0.3 is 4.74 Å². The molecule has 100 valence electrons. The van der Waals surface area contributed by atoms with E-state index in [4.69, 9.17) is 16.3 Å². The van der Waals surface area contributed by atoms with E-state index >= 15 is 0 Å². The molecule has 0 aliphatic rings. The van der Waals surface area contributed by atoms with E-state index in [1.807, 2.05) is 43.3 Å². The summed E-state index contributed by atoms with van der Waals surface area (Å²) in [6.07, 6.45) is 1.24. The molecule has 0 heterocycles. The van der Waals surface area contributed by atoms with Crippen LogP contribution < -0.4 is 4.74 Å². The predicted octanol–water partition coefficient (Wildman–Crippen LogP) is 4.44. The van der Waals surface area contributed by atoms with E-state index in [-0.39, 0.29) is 5.78 Å². The summed E-state index contributed by atoms with van der Waals surface area (Å²) in [5.41, 5.74) is 0.659. The van der Waals surface area contributed by atoms with Crippen LogP contribution in [0.5, 0.6) is 5.75 Å². The average Bonchev–Trinajstić information content (AvgIpc) is 2.44. The molecule has 0 fully saturated rings. The van der Waals surface area contributed by atoms with Crippen LogP contribution in [0.15, 0.2) is 36.4 Å². The van der Waals surface area contributed by atoms with E-state index < -0.39 is 0 Å². The van der Waals surface area contributed by atoms with Gasteiger partial charge in [-0.2, -0.15) is 0 Å². The van der Waals surface area contributed by atoms with Gasteiger partial charge in [-0.1, -0.05) is 37.3 Å². The minimum Gasteiger partial charge on any atom is -0.493 e. The molecule has 0 saturated carbocycles. The molecule has 3 heteroatoms. The Morgan fingerprint density at radius 2 is 2.00 bits per heavy atom. The van der Waals surface area contributed by atoms with Crippen molar-refractivity contribution in [2.24, 2.45) is 0 Å². The Balaban J connectivity index is 2.54. The van der Waals surface area contributed by atoms with Crippen LogP contribution in [0, 0.1) is 0 Å². The largest absolute Gasteiger partial charge is 0.493 e. The van der Waals surface area contributed by atoms with E-state index in [1.165, 1.54) is 0 Å². The molecule has 0 bridgehead atoms. The lowest BCUT2D eigenvalue weighted by atomic mass is 9.99. The first-order chi connectivity index (χ1) is 9.27. The third-order valence-corrected chi connectivity index (χ3v) is 3.14. The summed E-state index contributed by atoms with van der Waals surface area (Å²) in [4.78, 5) is 12.3. The van der Waals surface area contributed by atoms with Crippen molar-refractivity contribution < 1.29 is 9.53 Å². The van der Waals surface area contributed by atoms with E-state index in [0.29, 0.717) is 30.2 Å². The number of Topliss-reactive ketones (excluding diaryl/α,β-unsaturated/α-hetero) is 1. The molecule has 0 spiro atoms. The van der Waals surface area contributed by atoms with Crippen molar-refractivity contribution in [3.63, 3.8) is 0 Å². The van der Waals surface area contributed by atoms with Crippen LogP contribution in [-0.2, 0) is 0 Å². The van der Waals surface area contributed by atoms with Gasteiger partial charge in [0, 0.05) is 12.3 Å². The lowest BCUT2D eigenvalue weighted by molar-refractivity contribution is 0.0987. The molecule has 2 rings (SSSR count). The number of carbonyl (C=O) groups is 1. The molecule has 0 amide bonds. The minimum absolute atomic E-state index is 0.0397. The van der Waals surface area contributed by atoms with Gasteiger partial charge in [-0.3, -0.25) is 4.79 Å². The van der Waals surface area contributed by atoms with Crippen LogP contribution in [0.2, 0.25) is 0 Å². The fraction of sp³-hybridized carbons (Fsp3) is 0.312. The smallest absolute Gasteiger partial charge is 0.168 e. The van der Waals surface area contributed by atoms with Gasteiger partial charge in [0.15, 0.2) is 5.78 Å². The van der Waals surface area contributed by atoms with Crippen molar-refractivity contribution >= 4 is 28.2 Å². The summed E-state index contributed by atoms with van der Waals surface area (Å²) in [6, 6.07) is 11.7. The second kappa shape index (κ2) is 6.58. The summed E-state index contributed by atoms with van der Waals surface area (Å²) >= 11 is 5.69. The Morgan fingerprint density at radius 3 is 2.74 bits per heavy atom. The predicted molar refractivity (Wildman–Crippen MR) is 79.4 cm³/mol. The summed E-state index contributed by atoms with van der Waals surface area (Å²) in [6.45, 7) is 2.65. The molecule has 0 atom stereocenters. The van der Waals surface area contributed by atoms with Crippen molar-refractivity contribution in [3.8, 4) is 5.75 Å². The molecule has 0 N–H and O–H groups in total. The molecule has 0 aromatic heterocycles. The number of benzene rings is 2. The first-order valence-electron chi connectivity index (χ1n) is 6.51. The second-order valence-electron chi connectivity index (χ2n) is 4.37. The monoisotopic (exact) mass is 276 g/mol. The van der Waals surface area contributed by atoms with Crippen LogP contribution in [-0.4, -0.2) is 18.3 Å². The number of fused-ring (bicyclic) bond motifs is 1. The molecule has 0 unspecified atom stereocenters. The summed E-state index contributed by atoms with van der Waals surface area (Å²) in [5, 5.41) is 1.98. The summed E-state index contributed by atoms with van der Waals surface area (Å²) in [7, 11) is 0. The van der Waals surface area contributed by atoms with Gasteiger partial charge in [0.2, 0.25) is 0 Å². The van der Waals surface area contributed by atoms with E-state index in [2.05, 4.69) is 0 Å². The van der Waals surface area contributed by atoms with Crippen LogP contribution in [0.1, 0.15) is 30.1 Å². The van der Waals surface area contributed by atoms with Gasteiger partial charge >= 0.3 is 0 Å². The Labute approximate surface area is 118 Å². The maximum absolute atomic E-state index is 12.3. The zero-order valence-electron chi connectivity index (χ0n) is 11.0. The lowest BCUT2D eigenvalue weighted by Gasteiger charge is -2.12. The van der Waals surface area contributed by atoms with Gasteiger partial charge in [0.05, 0.1) is 12.2 Å². The highest BCUT2D eigenvalue weighted by Crippen LogP contribution is 2.29. The quantitative estimate of drug-likeness (QED) is 0.576. The van der Waals surface area contributed by atoms with E-state index in [1.54, 1.807) is 0 Å². The number of rotatable bonds is 6. The van der Waals surface area contributed by atoms with Crippen LogP contribution >= 0.6 is 11.6 Å². The topological polar surface area (TPSA) is 26.3 Å². The number of alkyl halides is 1. The summed E-state index contributed by atoms with van der Waals surface area (Å²) in [5.74, 6) is 1.03. The maximum atomic E-state index is 12.3. The van der Waals surface area contributed by atoms with Crippen molar-refractivity contribution in [2.45, 2.75) is 19.8 Å². The number of ketones is 1. The van der Waals surface area contributed by atoms with Gasteiger partial charge in [0.1, 0.15) is 5.75 Å². The van der Waals surface area contributed by atoms with Crippen molar-refractivity contribution in [3.05, 3.63) is 42.0 Å². The molecule has 0 saturated heterocycles. The number of hydrogen-bond acceptors (Lipinski definition) is 2. The number of halogens is 1.